The van der Waals surface area contributed by atoms with E-state index in [1.807, 2.05) is 0 Å². The molecule has 0 aromatic heterocycles. The number of unbranched alkanes of at least 4 members (excludes halogenated alkanes) is 39. The normalized spacial score (nSPS) is 16.2. The second-order valence-electron chi connectivity index (χ2n) is 27.2. The van der Waals surface area contributed by atoms with E-state index in [0.29, 0.717) is 25.7 Å². The lowest BCUT2D eigenvalue weighted by Gasteiger charge is -2.21. The van der Waals surface area contributed by atoms with E-state index in [0.717, 1.165) is 127 Å². The average molecular weight is 1390 g/mol. The van der Waals surface area contributed by atoms with Gasteiger partial charge in [0.15, 0.2) is 12.2 Å². The lowest BCUT2D eigenvalue weighted by Crippen LogP contribution is -2.30. The minimum atomic E-state index is -4.96. The van der Waals surface area contributed by atoms with Crippen LogP contribution in [0.1, 0.15) is 368 Å². The predicted molar refractivity (Wildman–Crippen MR) is 384 cm³/mol. The van der Waals surface area contributed by atoms with Crippen LogP contribution < -0.4 is 0 Å². The van der Waals surface area contributed by atoms with Gasteiger partial charge in [-0.2, -0.15) is 0 Å². The van der Waals surface area contributed by atoms with Crippen LogP contribution in [-0.4, -0.2) is 96.7 Å². The topological polar surface area (TPSA) is 237 Å². The number of phosphoric ester groups is 2. The number of hydrogen-bond donors (Lipinski definition) is 3. The monoisotopic (exact) mass is 1390 g/mol. The zero-order valence-corrected chi connectivity index (χ0v) is 62.7. The maximum Gasteiger partial charge on any atom is 0.472 e. The molecule has 0 saturated heterocycles. The third kappa shape index (κ3) is 62.3. The Balaban J connectivity index is 2.71. The van der Waals surface area contributed by atoms with Gasteiger partial charge >= 0.3 is 39.5 Å². The van der Waals surface area contributed by atoms with Crippen molar-refractivity contribution in [1.82, 2.24) is 0 Å². The number of carbonyl (C=O) groups excluding carboxylic acids is 4. The van der Waals surface area contributed by atoms with Gasteiger partial charge in [-0.15, -0.1) is 0 Å². The minimum absolute atomic E-state index is 0.0941. The lowest BCUT2D eigenvalue weighted by molar-refractivity contribution is -0.161. The first kappa shape index (κ1) is 90.6. The molecular formula is C76H142O17P2. The molecule has 7 unspecified atom stereocenters. The molecule has 0 spiro atoms. The van der Waals surface area contributed by atoms with Crippen molar-refractivity contribution in [3.05, 3.63) is 24.3 Å². The Hall–Kier alpha value is -2.46. The summed E-state index contributed by atoms with van der Waals surface area (Å²) in [4.78, 5) is 72.9. The summed E-state index contributed by atoms with van der Waals surface area (Å²) in [7, 11) is -9.92. The number of aliphatic hydroxyl groups excluding tert-OH is 1. The number of phosphoric acid groups is 2. The van der Waals surface area contributed by atoms with Gasteiger partial charge in [0.05, 0.1) is 26.4 Å². The van der Waals surface area contributed by atoms with Gasteiger partial charge in [0.1, 0.15) is 19.3 Å². The highest BCUT2D eigenvalue weighted by Gasteiger charge is 2.35. The van der Waals surface area contributed by atoms with Gasteiger partial charge in [-0.1, -0.05) is 283 Å². The highest BCUT2D eigenvalue weighted by molar-refractivity contribution is 7.47. The fourth-order valence-corrected chi connectivity index (χ4v) is 13.3. The highest BCUT2D eigenvalue weighted by Crippen LogP contribution is 2.47. The summed E-state index contributed by atoms with van der Waals surface area (Å²) in [6.45, 7) is 4.94. The Morgan fingerprint density at radius 2 is 0.579 bits per heavy atom. The molecule has 3 N–H and O–H groups in total. The number of rotatable bonds is 73. The van der Waals surface area contributed by atoms with Crippen LogP contribution in [0.3, 0.4) is 0 Å². The number of allylic oxidation sites excluding steroid dienone is 4. The third-order valence-corrected chi connectivity index (χ3v) is 19.8. The SMILES string of the molecule is CCCCCC/C=C\CCCCCCCC(=O)OC(COC(=O)CCCCCCCC1CC1CCCCCC)COP(=O)(O)OCC(O)COP(=O)(O)OCC(COC(=O)CCCCCCCCCCCCCCC)OC(=O)CCCCCCC/C=C\CCCCCCCC. The van der Waals surface area contributed by atoms with E-state index in [4.69, 9.17) is 37.0 Å². The predicted octanol–water partition coefficient (Wildman–Crippen LogP) is 21.6. The van der Waals surface area contributed by atoms with Gasteiger partial charge < -0.3 is 33.8 Å². The summed E-state index contributed by atoms with van der Waals surface area (Å²) in [5, 5.41) is 10.6. The Morgan fingerprint density at radius 1 is 0.337 bits per heavy atom. The Labute approximate surface area is 579 Å². The Bertz CT molecular complexity index is 1970. The Kier molecular flexibility index (Phi) is 61.8. The second-order valence-corrected chi connectivity index (χ2v) is 30.1. The number of esters is 4. The maximum atomic E-state index is 13.1. The van der Waals surface area contributed by atoms with Crippen LogP contribution in [0.5, 0.6) is 0 Å². The van der Waals surface area contributed by atoms with Crippen molar-refractivity contribution >= 4 is 39.5 Å². The number of aliphatic hydroxyl groups is 1. The largest absolute Gasteiger partial charge is 0.472 e. The first-order valence-electron chi connectivity index (χ1n) is 39.0. The third-order valence-electron chi connectivity index (χ3n) is 17.9. The van der Waals surface area contributed by atoms with Gasteiger partial charge in [-0.05, 0) is 95.3 Å². The molecule has 7 atom stereocenters. The molecule has 0 amide bonds. The van der Waals surface area contributed by atoms with E-state index < -0.39 is 97.5 Å². The van der Waals surface area contributed by atoms with Crippen LogP contribution in [0.2, 0.25) is 0 Å². The van der Waals surface area contributed by atoms with E-state index >= 15 is 0 Å². The summed E-state index contributed by atoms with van der Waals surface area (Å²) in [5.41, 5.74) is 0. The van der Waals surface area contributed by atoms with Gasteiger partial charge in [0, 0.05) is 25.7 Å². The molecule has 0 radical (unpaired) electrons. The molecule has 19 heteroatoms. The molecule has 1 rings (SSSR count). The fourth-order valence-electron chi connectivity index (χ4n) is 11.7. The van der Waals surface area contributed by atoms with Crippen molar-refractivity contribution in [3.63, 3.8) is 0 Å². The molecular weight excluding hydrogens is 1250 g/mol. The quantitative estimate of drug-likeness (QED) is 0.0169. The number of carbonyl (C=O) groups is 4. The van der Waals surface area contributed by atoms with E-state index in [1.54, 1.807) is 0 Å². The molecule has 95 heavy (non-hydrogen) atoms. The van der Waals surface area contributed by atoms with E-state index in [1.165, 1.54) is 173 Å². The molecule has 0 bridgehead atoms. The zero-order valence-electron chi connectivity index (χ0n) is 60.9. The van der Waals surface area contributed by atoms with Gasteiger partial charge in [-0.25, -0.2) is 9.13 Å². The molecule has 1 aliphatic carbocycles. The van der Waals surface area contributed by atoms with Gasteiger partial charge in [-0.3, -0.25) is 37.3 Å². The summed E-state index contributed by atoms with van der Waals surface area (Å²) in [6, 6.07) is 0. The molecule has 1 fully saturated rings. The molecule has 0 heterocycles. The van der Waals surface area contributed by atoms with Crippen molar-refractivity contribution in [2.24, 2.45) is 11.8 Å². The Morgan fingerprint density at radius 3 is 0.895 bits per heavy atom. The fraction of sp³-hybridized carbons (Fsp3) is 0.895. The smallest absolute Gasteiger partial charge is 0.462 e. The maximum absolute atomic E-state index is 13.1. The first-order chi connectivity index (χ1) is 46.1. The van der Waals surface area contributed by atoms with E-state index in [2.05, 4.69) is 52.0 Å². The summed E-state index contributed by atoms with van der Waals surface area (Å²) in [6.07, 6.45) is 60.7. The van der Waals surface area contributed by atoms with Crippen molar-refractivity contribution in [3.8, 4) is 0 Å². The molecule has 558 valence electrons. The van der Waals surface area contributed by atoms with Crippen molar-refractivity contribution in [1.29, 1.82) is 0 Å². The standard InChI is InChI=1S/C76H142O17P2/c1-5-9-13-17-20-23-26-29-30-33-36-39-42-47-54-60-75(80)92-71(64-86-73(78)57-51-45-40-37-34-31-27-24-21-18-14-10-6-2)66-90-94(82,83)88-62-70(77)63-89-95(84,85)91-67-72(93-76(81)59-53-46-41-38-35-32-28-25-22-19-15-11-7-3)65-87-74(79)58-52-48-43-44-50-56-69-61-68(69)55-49-16-12-8-4/h25,28-30,68-72,77H,5-24,26-27,31-67H2,1-4H3,(H,82,83)(H,84,85)/b28-25-,30-29-. The zero-order chi connectivity index (χ0) is 69.4. The van der Waals surface area contributed by atoms with Crippen molar-refractivity contribution < 1.29 is 80.2 Å². The number of hydrogen-bond acceptors (Lipinski definition) is 15. The van der Waals surface area contributed by atoms with Crippen molar-refractivity contribution in [2.45, 2.75) is 386 Å². The van der Waals surface area contributed by atoms with Gasteiger partial charge in [0.25, 0.3) is 0 Å². The minimum Gasteiger partial charge on any atom is -0.462 e. The second kappa shape index (κ2) is 64.9. The molecule has 0 aromatic rings. The number of ether oxygens (including phenoxy) is 4. The first-order valence-corrected chi connectivity index (χ1v) is 42.0. The lowest BCUT2D eigenvalue weighted by atomic mass is 10.0. The molecule has 0 aliphatic heterocycles. The van der Waals surface area contributed by atoms with Crippen LogP contribution >= 0.6 is 15.6 Å². The van der Waals surface area contributed by atoms with Crippen LogP contribution in [0, 0.1) is 11.8 Å². The van der Waals surface area contributed by atoms with Crippen LogP contribution in [0.25, 0.3) is 0 Å². The molecule has 1 saturated carbocycles. The van der Waals surface area contributed by atoms with E-state index in [-0.39, 0.29) is 25.7 Å². The molecule has 0 aromatic carbocycles. The van der Waals surface area contributed by atoms with Crippen LogP contribution in [-0.2, 0) is 65.4 Å². The summed E-state index contributed by atoms with van der Waals surface area (Å²) >= 11 is 0. The summed E-state index contributed by atoms with van der Waals surface area (Å²) < 4.78 is 68.6. The van der Waals surface area contributed by atoms with Crippen LogP contribution in [0.4, 0.5) is 0 Å². The van der Waals surface area contributed by atoms with Crippen LogP contribution in [0.15, 0.2) is 24.3 Å². The average Bonchev–Trinajstić information content (AvgIpc) is 1.74. The van der Waals surface area contributed by atoms with Crippen molar-refractivity contribution in [2.75, 3.05) is 39.6 Å². The highest BCUT2D eigenvalue weighted by atomic mass is 31.2. The van der Waals surface area contributed by atoms with E-state index in [9.17, 15) is 43.2 Å². The summed E-state index contributed by atoms with van der Waals surface area (Å²) in [5.74, 6) is -0.334. The van der Waals surface area contributed by atoms with Gasteiger partial charge in [0.2, 0.25) is 0 Å². The molecule has 17 nitrogen and oxygen atoms in total. The molecule has 1 aliphatic rings.